The minimum Gasteiger partial charge on any atom is -0.493 e. The lowest BCUT2D eigenvalue weighted by molar-refractivity contribution is 0.348. The van der Waals surface area contributed by atoms with Crippen LogP contribution >= 0.6 is 11.6 Å². The third-order valence-electron chi connectivity index (χ3n) is 4.64. The lowest BCUT2D eigenvalue weighted by atomic mass is 10.0. The first kappa shape index (κ1) is 21.0. The van der Waals surface area contributed by atoms with Crippen LogP contribution in [0.1, 0.15) is 18.1 Å². The third kappa shape index (κ3) is 5.03. The first-order valence-electron chi connectivity index (χ1n) is 9.42. The van der Waals surface area contributed by atoms with Crippen molar-refractivity contribution in [3.05, 3.63) is 76.8 Å². The number of benzene rings is 3. The molecular weight excluding hydrogens is 386 g/mol. The van der Waals surface area contributed by atoms with Gasteiger partial charge in [0.1, 0.15) is 12.4 Å². The number of nitrogens with one attached hydrogen (secondary N) is 1. The molecular formula is C24H26ClNO3. The van der Waals surface area contributed by atoms with Crippen LogP contribution in [0.4, 0.5) is 0 Å². The Labute approximate surface area is 177 Å². The second-order valence-corrected chi connectivity index (χ2v) is 7.32. The summed E-state index contributed by atoms with van der Waals surface area (Å²) >= 11 is 6.42. The van der Waals surface area contributed by atoms with E-state index in [0.29, 0.717) is 36.2 Å². The van der Waals surface area contributed by atoms with Crippen molar-refractivity contribution in [1.29, 1.82) is 0 Å². The number of halogens is 1. The molecule has 152 valence electrons. The molecule has 29 heavy (non-hydrogen) atoms. The minimum atomic E-state index is 0.493. The van der Waals surface area contributed by atoms with Crippen molar-refractivity contribution < 1.29 is 14.2 Å². The van der Waals surface area contributed by atoms with Crippen molar-refractivity contribution in [2.75, 3.05) is 20.8 Å². The lowest BCUT2D eigenvalue weighted by Gasteiger charge is -2.16. The summed E-state index contributed by atoms with van der Waals surface area (Å²) in [5.74, 6) is 2.13. The van der Waals surface area contributed by atoms with E-state index in [9.17, 15) is 0 Å². The fraction of sp³-hybridized carbons (Fsp3) is 0.250. The Bertz CT molecular complexity index is 1020. The number of rotatable bonds is 9. The van der Waals surface area contributed by atoms with E-state index in [1.165, 1.54) is 5.39 Å². The van der Waals surface area contributed by atoms with Gasteiger partial charge in [-0.25, -0.2) is 0 Å². The molecule has 3 aromatic carbocycles. The summed E-state index contributed by atoms with van der Waals surface area (Å²) in [6, 6.07) is 16.1. The van der Waals surface area contributed by atoms with Crippen LogP contribution in [0.3, 0.4) is 0 Å². The van der Waals surface area contributed by atoms with E-state index < -0.39 is 0 Å². The predicted molar refractivity (Wildman–Crippen MR) is 119 cm³/mol. The maximum Gasteiger partial charge on any atom is 0.162 e. The van der Waals surface area contributed by atoms with Crippen LogP contribution in [0.15, 0.2) is 60.7 Å². The van der Waals surface area contributed by atoms with Crippen molar-refractivity contribution in [3.63, 3.8) is 0 Å². The van der Waals surface area contributed by atoms with Crippen molar-refractivity contribution in [1.82, 2.24) is 5.32 Å². The molecule has 0 saturated carbocycles. The number of methoxy groups -OCH3 is 2. The molecule has 0 heterocycles. The summed E-state index contributed by atoms with van der Waals surface area (Å²) in [5.41, 5.74) is 3.03. The lowest BCUT2D eigenvalue weighted by Crippen LogP contribution is -2.15. The Balaban J connectivity index is 1.83. The molecule has 0 atom stereocenters. The molecule has 0 aliphatic rings. The highest BCUT2D eigenvalue weighted by molar-refractivity contribution is 6.31. The molecule has 3 aromatic rings. The fourth-order valence-electron chi connectivity index (χ4n) is 3.19. The van der Waals surface area contributed by atoms with Crippen molar-refractivity contribution >= 4 is 22.4 Å². The first-order valence-corrected chi connectivity index (χ1v) is 9.80. The van der Waals surface area contributed by atoms with Crippen molar-refractivity contribution in [2.24, 2.45) is 0 Å². The van der Waals surface area contributed by atoms with E-state index in [-0.39, 0.29) is 0 Å². The van der Waals surface area contributed by atoms with Gasteiger partial charge >= 0.3 is 0 Å². The van der Waals surface area contributed by atoms with E-state index in [4.69, 9.17) is 25.8 Å². The zero-order valence-electron chi connectivity index (χ0n) is 17.0. The Hall–Kier alpha value is -2.69. The number of hydrogen-bond donors (Lipinski definition) is 1. The monoisotopic (exact) mass is 411 g/mol. The molecule has 0 aromatic heterocycles. The molecule has 0 amide bonds. The van der Waals surface area contributed by atoms with E-state index in [2.05, 4.69) is 30.1 Å². The van der Waals surface area contributed by atoms with Gasteiger partial charge in [-0.15, -0.1) is 0 Å². The van der Waals surface area contributed by atoms with Gasteiger partial charge in [0.25, 0.3) is 0 Å². The second kappa shape index (κ2) is 9.68. The topological polar surface area (TPSA) is 39.7 Å². The molecule has 0 aliphatic carbocycles. The first-order chi connectivity index (χ1) is 14.0. The number of fused-ring (bicyclic) bond motifs is 1. The molecule has 0 spiro atoms. The third-order valence-corrected chi connectivity index (χ3v) is 4.99. The normalized spacial score (nSPS) is 10.8. The Morgan fingerprint density at radius 1 is 0.966 bits per heavy atom. The van der Waals surface area contributed by atoms with Gasteiger partial charge in [0, 0.05) is 29.7 Å². The van der Waals surface area contributed by atoms with Crippen LogP contribution in [0, 0.1) is 0 Å². The molecule has 0 aliphatic heterocycles. The molecule has 4 nitrogen and oxygen atoms in total. The summed E-state index contributed by atoms with van der Waals surface area (Å²) in [6.07, 6.45) is 0. The molecule has 0 bridgehead atoms. The van der Waals surface area contributed by atoms with E-state index >= 15 is 0 Å². The quantitative estimate of drug-likeness (QED) is 0.455. The molecule has 0 unspecified atom stereocenters. The SMILES string of the molecule is C=C(C)COc1ccc2ccccc2c1CNCc1cc(OC)c(OC)cc1Cl. The summed E-state index contributed by atoms with van der Waals surface area (Å²) in [5, 5.41) is 6.46. The predicted octanol–water partition coefficient (Wildman–Crippen LogP) is 5.76. The molecule has 5 heteroatoms. The van der Waals surface area contributed by atoms with Crippen LogP contribution in [0.5, 0.6) is 17.2 Å². The maximum atomic E-state index is 6.42. The molecule has 0 saturated heterocycles. The van der Waals surface area contributed by atoms with Gasteiger partial charge in [0.2, 0.25) is 0 Å². The van der Waals surface area contributed by atoms with Crippen LogP contribution in [0.25, 0.3) is 10.8 Å². The van der Waals surface area contributed by atoms with Gasteiger partial charge in [-0.05, 0) is 41.0 Å². The average Bonchev–Trinajstić information content (AvgIpc) is 2.73. The molecule has 3 rings (SSSR count). The number of hydrogen-bond acceptors (Lipinski definition) is 4. The number of ether oxygens (including phenoxy) is 3. The van der Waals surface area contributed by atoms with Gasteiger partial charge in [-0.1, -0.05) is 48.5 Å². The Morgan fingerprint density at radius 2 is 1.69 bits per heavy atom. The molecule has 0 fully saturated rings. The summed E-state index contributed by atoms with van der Waals surface area (Å²) in [6.45, 7) is 7.60. The Morgan fingerprint density at radius 3 is 2.41 bits per heavy atom. The van der Waals surface area contributed by atoms with Crippen molar-refractivity contribution in [3.8, 4) is 17.2 Å². The van der Waals surface area contributed by atoms with Gasteiger partial charge < -0.3 is 19.5 Å². The zero-order chi connectivity index (χ0) is 20.8. The molecule has 0 radical (unpaired) electrons. The minimum absolute atomic E-state index is 0.493. The van der Waals surface area contributed by atoms with Gasteiger partial charge in [0.05, 0.1) is 14.2 Å². The largest absolute Gasteiger partial charge is 0.493 e. The summed E-state index contributed by atoms with van der Waals surface area (Å²) in [7, 11) is 3.21. The van der Waals surface area contributed by atoms with E-state index in [1.807, 2.05) is 31.2 Å². The standard InChI is InChI=1S/C24H26ClNO3/c1-16(2)15-29-22-10-9-17-7-5-6-8-19(17)20(22)14-26-13-18-11-23(27-3)24(28-4)12-21(18)25/h5-12,26H,1,13-15H2,2-4H3. The van der Waals surface area contributed by atoms with Crippen molar-refractivity contribution in [2.45, 2.75) is 20.0 Å². The average molecular weight is 412 g/mol. The maximum absolute atomic E-state index is 6.42. The van der Waals surface area contributed by atoms with E-state index in [0.717, 1.165) is 27.8 Å². The van der Waals surface area contributed by atoms with Crippen LogP contribution in [-0.2, 0) is 13.1 Å². The van der Waals surface area contributed by atoms with E-state index in [1.54, 1.807) is 20.3 Å². The molecule has 1 N–H and O–H groups in total. The van der Waals surface area contributed by atoms with Crippen LogP contribution < -0.4 is 19.5 Å². The zero-order valence-corrected chi connectivity index (χ0v) is 17.8. The van der Waals surface area contributed by atoms with Crippen LogP contribution in [-0.4, -0.2) is 20.8 Å². The summed E-state index contributed by atoms with van der Waals surface area (Å²) < 4.78 is 16.7. The Kier molecular flexibility index (Phi) is 7.02. The second-order valence-electron chi connectivity index (χ2n) is 6.91. The summed E-state index contributed by atoms with van der Waals surface area (Å²) in [4.78, 5) is 0. The fourth-order valence-corrected chi connectivity index (χ4v) is 3.41. The highest BCUT2D eigenvalue weighted by atomic mass is 35.5. The van der Waals surface area contributed by atoms with Crippen LogP contribution in [0.2, 0.25) is 5.02 Å². The smallest absolute Gasteiger partial charge is 0.162 e. The highest BCUT2D eigenvalue weighted by Crippen LogP contribution is 2.33. The van der Waals surface area contributed by atoms with Gasteiger partial charge in [0.15, 0.2) is 11.5 Å². The van der Waals surface area contributed by atoms with Gasteiger partial charge in [-0.3, -0.25) is 0 Å². The van der Waals surface area contributed by atoms with Gasteiger partial charge in [-0.2, -0.15) is 0 Å². The highest BCUT2D eigenvalue weighted by Gasteiger charge is 2.12.